The fraction of sp³-hybridized carbons (Fsp3) is 0.750. The van der Waals surface area contributed by atoms with E-state index in [2.05, 4.69) is 4.84 Å². The predicted molar refractivity (Wildman–Crippen MR) is 30.4 cm³/mol. The van der Waals surface area contributed by atoms with Gasteiger partial charge in [0.2, 0.25) is 0 Å². The number of nitrogens with zero attached hydrogens (tertiary/aromatic N) is 2. The van der Waals surface area contributed by atoms with Crippen molar-refractivity contribution in [2.45, 2.75) is 0 Å². The van der Waals surface area contributed by atoms with Gasteiger partial charge in [-0.05, 0) is 14.1 Å². The molecule has 0 N–H and O–H groups in total. The molecule has 0 saturated heterocycles. The topological polar surface area (TPSA) is 59.0 Å². The Morgan fingerprint density at radius 3 is 2.56 bits per heavy atom. The Morgan fingerprint density at radius 2 is 2.22 bits per heavy atom. The molecule has 0 amide bonds. The van der Waals surface area contributed by atoms with E-state index in [0.29, 0.717) is 0 Å². The van der Waals surface area contributed by atoms with Gasteiger partial charge in [0.25, 0.3) is 0 Å². The molecule has 0 aromatic carbocycles. The zero-order valence-electron chi connectivity index (χ0n) is 5.33. The molecule has 0 aliphatic heterocycles. The van der Waals surface area contributed by atoms with E-state index >= 15 is 0 Å². The molecule has 0 aliphatic rings. The van der Waals surface area contributed by atoms with Crippen molar-refractivity contribution in [1.29, 1.82) is 0 Å². The Labute approximate surface area is 52.5 Å². The van der Waals surface area contributed by atoms with E-state index in [1.807, 2.05) is 5.34 Å². The first kappa shape index (κ1) is 8.03. The highest BCUT2D eigenvalue weighted by molar-refractivity contribution is 5.71. The van der Waals surface area contributed by atoms with Gasteiger partial charge in [0, 0.05) is 0 Å². The first-order valence-electron chi connectivity index (χ1n) is 2.34. The van der Waals surface area contributed by atoms with E-state index in [1.54, 1.807) is 19.0 Å². The molecule has 0 radical (unpaired) electrons. The van der Waals surface area contributed by atoms with Crippen LogP contribution in [0.1, 0.15) is 0 Å². The summed E-state index contributed by atoms with van der Waals surface area (Å²) in [6, 6.07) is 0. The number of carbonyl (C=O) groups excluding carboxylic acids is 1. The molecule has 5 heteroatoms. The van der Waals surface area contributed by atoms with Crippen LogP contribution in [0, 0.1) is 4.91 Å². The first-order chi connectivity index (χ1) is 4.16. The average molecular weight is 132 g/mol. The van der Waals surface area contributed by atoms with Gasteiger partial charge in [-0.25, -0.2) is 4.79 Å². The molecule has 5 nitrogen and oxygen atoms in total. The summed E-state index contributed by atoms with van der Waals surface area (Å²) in [5, 5.41) is 1.96. The second-order valence-electron chi connectivity index (χ2n) is 1.78. The van der Waals surface area contributed by atoms with Crippen molar-refractivity contribution in [3.63, 3.8) is 0 Å². The molecule has 0 aromatic rings. The van der Waals surface area contributed by atoms with Crippen molar-refractivity contribution in [2.75, 3.05) is 20.6 Å². The van der Waals surface area contributed by atoms with E-state index in [-0.39, 0.29) is 6.54 Å². The summed E-state index contributed by atoms with van der Waals surface area (Å²) >= 11 is 0. The summed E-state index contributed by atoms with van der Waals surface area (Å²) in [7, 11) is 3.37. The maximum atomic E-state index is 10.3. The highest BCUT2D eigenvalue weighted by Gasteiger charge is 2.02. The smallest absolute Gasteiger partial charge is 0.299 e. The first-order valence-corrected chi connectivity index (χ1v) is 2.34. The van der Waals surface area contributed by atoms with Crippen LogP contribution >= 0.6 is 0 Å². The molecule has 0 unspecified atom stereocenters. The van der Waals surface area contributed by atoms with Gasteiger partial charge in [-0.1, -0.05) is 0 Å². The van der Waals surface area contributed by atoms with E-state index < -0.39 is 5.97 Å². The van der Waals surface area contributed by atoms with Gasteiger partial charge in [-0.3, -0.25) is 9.74 Å². The van der Waals surface area contributed by atoms with Crippen LogP contribution < -0.4 is 0 Å². The van der Waals surface area contributed by atoms with E-state index in [9.17, 15) is 9.70 Å². The average Bonchev–Trinajstić information content (AvgIpc) is 1.63. The van der Waals surface area contributed by atoms with Gasteiger partial charge in [-0.15, -0.1) is 4.91 Å². The maximum Gasteiger partial charge on any atom is 0.352 e. The number of likely N-dealkylation sites (N-methyl/N-ethyl adjacent to an activating group) is 1. The number of hydrogen-bond donors (Lipinski definition) is 0. The lowest BCUT2D eigenvalue weighted by atomic mass is 10.6. The highest BCUT2D eigenvalue weighted by atomic mass is 16.7. The minimum Gasteiger partial charge on any atom is -0.299 e. The minimum atomic E-state index is -0.644. The van der Waals surface area contributed by atoms with Crippen LogP contribution in [0.5, 0.6) is 0 Å². The maximum absolute atomic E-state index is 10.3. The third-order valence-electron chi connectivity index (χ3n) is 0.584. The summed E-state index contributed by atoms with van der Waals surface area (Å²) < 4.78 is 0. The molecule has 0 saturated carbocycles. The Morgan fingerprint density at radius 1 is 1.67 bits per heavy atom. The summed E-state index contributed by atoms with van der Waals surface area (Å²) in [6.45, 7) is 0.0751. The largest absolute Gasteiger partial charge is 0.352 e. The van der Waals surface area contributed by atoms with Crippen molar-refractivity contribution in [2.24, 2.45) is 5.34 Å². The van der Waals surface area contributed by atoms with E-state index in [0.717, 1.165) is 0 Å². The molecule has 0 bridgehead atoms. The van der Waals surface area contributed by atoms with Crippen LogP contribution in [0.3, 0.4) is 0 Å². The molecule has 0 atom stereocenters. The van der Waals surface area contributed by atoms with Crippen LogP contribution in [0.4, 0.5) is 0 Å². The Balaban J connectivity index is 3.38. The molecule has 0 aliphatic carbocycles. The zero-order chi connectivity index (χ0) is 7.28. The standard InChI is InChI=1S/C4H8N2O3/c1-6(2)3-4(7)9-5-8/h3H2,1-2H3. The Kier molecular flexibility index (Phi) is 3.54. The second-order valence-corrected chi connectivity index (χ2v) is 1.78. The van der Waals surface area contributed by atoms with Crippen LogP contribution in [0.15, 0.2) is 5.34 Å². The molecule has 0 spiro atoms. The van der Waals surface area contributed by atoms with Crippen molar-refractivity contribution in [3.8, 4) is 0 Å². The third-order valence-corrected chi connectivity index (χ3v) is 0.584. The molecule has 9 heavy (non-hydrogen) atoms. The minimum absolute atomic E-state index is 0.0751. The highest BCUT2D eigenvalue weighted by Crippen LogP contribution is 1.80. The quantitative estimate of drug-likeness (QED) is 0.393. The van der Waals surface area contributed by atoms with E-state index in [4.69, 9.17) is 0 Å². The third kappa shape index (κ3) is 4.89. The lowest BCUT2D eigenvalue weighted by molar-refractivity contribution is -0.144. The molecule has 0 rings (SSSR count). The van der Waals surface area contributed by atoms with E-state index in [1.165, 1.54) is 0 Å². The van der Waals surface area contributed by atoms with Crippen molar-refractivity contribution in [3.05, 3.63) is 4.91 Å². The number of hydrogen-bond acceptors (Lipinski definition) is 5. The monoisotopic (exact) mass is 132 g/mol. The van der Waals surface area contributed by atoms with Crippen LogP contribution in [-0.4, -0.2) is 31.5 Å². The van der Waals surface area contributed by atoms with Gasteiger partial charge < -0.3 is 0 Å². The van der Waals surface area contributed by atoms with Gasteiger partial charge >= 0.3 is 5.97 Å². The second kappa shape index (κ2) is 3.96. The fourth-order valence-electron chi connectivity index (χ4n) is 0.329. The summed E-state index contributed by atoms with van der Waals surface area (Å²) in [4.78, 5) is 24.9. The summed E-state index contributed by atoms with van der Waals surface area (Å²) in [6.07, 6.45) is 0. The fourth-order valence-corrected chi connectivity index (χ4v) is 0.329. The Bertz CT molecular complexity index is 112. The van der Waals surface area contributed by atoms with Crippen LogP contribution in [0.25, 0.3) is 0 Å². The van der Waals surface area contributed by atoms with Crippen molar-refractivity contribution in [1.82, 2.24) is 4.90 Å². The SMILES string of the molecule is CN(C)CC(=O)ON=O. The molecular weight excluding hydrogens is 124 g/mol. The van der Waals surface area contributed by atoms with Gasteiger partial charge in [0.1, 0.15) is 0 Å². The van der Waals surface area contributed by atoms with Crippen molar-refractivity contribution < 1.29 is 9.63 Å². The lowest BCUT2D eigenvalue weighted by Crippen LogP contribution is -2.22. The van der Waals surface area contributed by atoms with Gasteiger partial charge in [0.15, 0.2) is 5.34 Å². The molecule has 0 heterocycles. The van der Waals surface area contributed by atoms with Crippen LogP contribution in [-0.2, 0) is 9.63 Å². The molecule has 0 aromatic heterocycles. The molecule has 52 valence electrons. The van der Waals surface area contributed by atoms with Gasteiger partial charge in [-0.2, -0.15) is 0 Å². The lowest BCUT2D eigenvalue weighted by Gasteiger charge is -2.03. The summed E-state index contributed by atoms with van der Waals surface area (Å²) in [5.41, 5.74) is 0. The number of rotatable bonds is 3. The van der Waals surface area contributed by atoms with Crippen molar-refractivity contribution >= 4 is 5.97 Å². The zero-order valence-corrected chi connectivity index (χ0v) is 5.33. The van der Waals surface area contributed by atoms with Crippen LogP contribution in [0.2, 0.25) is 0 Å². The molecule has 0 fully saturated rings. The molecular formula is C4H8N2O3. The predicted octanol–water partition coefficient (Wildman–Crippen LogP) is -0.227. The number of carbonyl (C=O) groups is 1. The summed E-state index contributed by atoms with van der Waals surface area (Å²) in [5.74, 6) is -0.644. The Hall–Kier alpha value is -0.970. The normalized spacial score (nSPS) is 9.22. The van der Waals surface area contributed by atoms with Gasteiger partial charge in [0.05, 0.1) is 6.54 Å².